The molecule has 6 rings (SSSR count). The van der Waals surface area contributed by atoms with E-state index >= 15 is 0 Å². The lowest BCUT2D eigenvalue weighted by Crippen LogP contribution is -2.62. The number of likely N-dealkylation sites (N-methyl/N-ethyl adjacent to an activating group) is 1. The number of imidazole rings is 1. The van der Waals surface area contributed by atoms with Crippen LogP contribution in [-0.2, 0) is 19.4 Å². The van der Waals surface area contributed by atoms with Crippen LogP contribution in [0.4, 0.5) is 4.39 Å². The van der Waals surface area contributed by atoms with Crippen LogP contribution in [0.15, 0.2) is 30.3 Å². The van der Waals surface area contributed by atoms with Gasteiger partial charge in [0.25, 0.3) is 0 Å². The minimum Gasteiger partial charge on any atom is -0.505 e. The van der Waals surface area contributed by atoms with Crippen molar-refractivity contribution in [1.29, 1.82) is 0 Å². The number of hydrogen-bond donors (Lipinski definition) is 4. The zero-order valence-corrected chi connectivity index (χ0v) is 19.8. The molecule has 0 amide bonds. The van der Waals surface area contributed by atoms with Crippen LogP contribution >= 0.6 is 0 Å². The molecule has 1 saturated heterocycles. The topological polar surface area (TPSA) is 104 Å². The molecule has 182 valence electrons. The summed E-state index contributed by atoms with van der Waals surface area (Å²) < 4.78 is 14.1. The van der Waals surface area contributed by atoms with E-state index in [4.69, 9.17) is 4.98 Å². The maximum absolute atomic E-state index is 14.1. The highest BCUT2D eigenvalue weighted by Gasteiger charge is 2.37. The fourth-order valence-electron chi connectivity index (χ4n) is 5.52. The normalized spacial score (nSPS) is 19.3. The van der Waals surface area contributed by atoms with Crippen LogP contribution in [0.2, 0.25) is 0 Å². The molecular weight excluding hydrogens is 447 g/mol. The van der Waals surface area contributed by atoms with Crippen molar-refractivity contribution >= 4 is 10.9 Å². The van der Waals surface area contributed by atoms with E-state index < -0.39 is 5.82 Å². The number of aryl methyl sites for hydroxylation is 1. The molecule has 4 N–H and O–H groups in total. The number of aliphatic hydroxyl groups excluding tert-OH is 1. The third-order valence-electron chi connectivity index (χ3n) is 7.48. The SMILES string of the molecule is CCc1cc(O)c(F)cc1-c1ccc2c(-c3nc4c([nH]3)CN(C3CN(C)C3)C(CO)C4)n[nH]c2c1. The summed E-state index contributed by atoms with van der Waals surface area (Å²) in [6.45, 7) is 4.87. The standard InChI is InChI=1S/C26H29FN6O2/c1-3-14-7-24(35)20(27)9-19(14)15-4-5-18-21(6-15)30-31-25(18)26-28-22-8-16(13-34)33(12-23(22)29-26)17-10-32(2)11-17/h4-7,9,16-17,34-35H,3,8,10-13H2,1-2H3,(H,28,29)(H,30,31). The number of aromatic nitrogens is 4. The number of phenols is 1. The summed E-state index contributed by atoms with van der Waals surface area (Å²) in [7, 11) is 2.11. The Morgan fingerprint density at radius 2 is 2.03 bits per heavy atom. The van der Waals surface area contributed by atoms with Gasteiger partial charge in [-0.3, -0.25) is 10.00 Å². The first-order valence-electron chi connectivity index (χ1n) is 12.1. The van der Waals surface area contributed by atoms with E-state index in [0.717, 1.165) is 64.3 Å². The van der Waals surface area contributed by atoms with Crippen molar-refractivity contribution in [2.75, 3.05) is 26.7 Å². The molecule has 0 saturated carbocycles. The van der Waals surface area contributed by atoms with Crippen molar-refractivity contribution in [3.63, 3.8) is 0 Å². The first-order chi connectivity index (χ1) is 16.9. The second kappa shape index (κ2) is 8.44. The molecule has 2 aromatic carbocycles. The van der Waals surface area contributed by atoms with E-state index in [1.54, 1.807) is 0 Å². The molecule has 4 aromatic rings. The fraction of sp³-hybridized carbons (Fsp3) is 0.385. The van der Waals surface area contributed by atoms with Gasteiger partial charge in [-0.1, -0.05) is 13.0 Å². The number of H-pyrrole nitrogens is 2. The van der Waals surface area contributed by atoms with Gasteiger partial charge < -0.3 is 20.1 Å². The van der Waals surface area contributed by atoms with Gasteiger partial charge in [0.1, 0.15) is 5.69 Å². The van der Waals surface area contributed by atoms with E-state index in [1.807, 2.05) is 25.1 Å². The Hall–Kier alpha value is -3.27. The monoisotopic (exact) mass is 476 g/mol. The Balaban J connectivity index is 1.33. The lowest BCUT2D eigenvalue weighted by atomic mass is 9.96. The first kappa shape index (κ1) is 22.2. The van der Waals surface area contributed by atoms with Crippen molar-refractivity contribution < 1.29 is 14.6 Å². The van der Waals surface area contributed by atoms with Crippen molar-refractivity contribution in [2.45, 2.75) is 38.4 Å². The van der Waals surface area contributed by atoms with E-state index in [2.05, 4.69) is 32.0 Å². The molecule has 0 spiro atoms. The third kappa shape index (κ3) is 3.71. The number of nitrogens with zero attached hydrogens (tertiary/aromatic N) is 4. The van der Waals surface area contributed by atoms with E-state index in [1.165, 1.54) is 12.1 Å². The predicted octanol–water partition coefficient (Wildman–Crippen LogP) is 3.06. The number of hydrogen-bond acceptors (Lipinski definition) is 6. The predicted molar refractivity (Wildman–Crippen MR) is 132 cm³/mol. The van der Waals surface area contributed by atoms with Crippen molar-refractivity contribution in [3.8, 4) is 28.4 Å². The van der Waals surface area contributed by atoms with Crippen LogP contribution < -0.4 is 0 Å². The summed E-state index contributed by atoms with van der Waals surface area (Å²) in [5, 5.41) is 28.3. The van der Waals surface area contributed by atoms with Crippen molar-refractivity contribution in [2.24, 2.45) is 0 Å². The maximum Gasteiger partial charge on any atom is 0.165 e. The molecule has 0 radical (unpaired) electrons. The van der Waals surface area contributed by atoms with Crippen LogP contribution in [0, 0.1) is 5.82 Å². The molecule has 0 aliphatic carbocycles. The number of nitrogens with one attached hydrogen (secondary N) is 2. The summed E-state index contributed by atoms with van der Waals surface area (Å²) in [6.07, 6.45) is 1.39. The number of aliphatic hydroxyl groups is 1. The number of phenolic OH excluding ortho intramolecular Hbond substituents is 1. The lowest BCUT2D eigenvalue weighted by molar-refractivity contribution is -0.00801. The van der Waals surface area contributed by atoms with Gasteiger partial charge in [-0.25, -0.2) is 9.37 Å². The van der Waals surface area contributed by atoms with Gasteiger partial charge in [0, 0.05) is 43.5 Å². The first-order valence-corrected chi connectivity index (χ1v) is 12.1. The minimum atomic E-state index is -0.632. The minimum absolute atomic E-state index is 0.0781. The average molecular weight is 477 g/mol. The average Bonchev–Trinajstić information content (AvgIpc) is 3.45. The van der Waals surface area contributed by atoms with Gasteiger partial charge in [0.2, 0.25) is 0 Å². The number of benzene rings is 2. The van der Waals surface area contributed by atoms with Crippen LogP contribution in [0.5, 0.6) is 5.75 Å². The molecule has 1 atom stereocenters. The maximum atomic E-state index is 14.1. The Morgan fingerprint density at radius 1 is 1.20 bits per heavy atom. The molecule has 1 fully saturated rings. The molecule has 2 aliphatic rings. The molecule has 1 unspecified atom stereocenters. The second-order valence-corrected chi connectivity index (χ2v) is 9.75. The van der Waals surface area contributed by atoms with Crippen LogP contribution in [0.25, 0.3) is 33.5 Å². The van der Waals surface area contributed by atoms with Gasteiger partial charge >= 0.3 is 0 Å². The zero-order valence-electron chi connectivity index (χ0n) is 19.8. The Bertz CT molecular complexity index is 1410. The third-order valence-corrected chi connectivity index (χ3v) is 7.48. The summed E-state index contributed by atoms with van der Waals surface area (Å²) in [5.74, 6) is -0.251. The van der Waals surface area contributed by atoms with Crippen molar-refractivity contribution in [1.82, 2.24) is 30.0 Å². The molecule has 2 aromatic heterocycles. The van der Waals surface area contributed by atoms with E-state index in [9.17, 15) is 14.6 Å². The smallest absolute Gasteiger partial charge is 0.165 e. The highest BCUT2D eigenvalue weighted by molar-refractivity contribution is 5.94. The summed E-state index contributed by atoms with van der Waals surface area (Å²) in [4.78, 5) is 13.0. The molecule has 2 aliphatic heterocycles. The molecule has 9 heteroatoms. The molecular formula is C26H29FN6O2. The summed E-state index contributed by atoms with van der Waals surface area (Å²) in [6, 6.07) is 9.29. The summed E-state index contributed by atoms with van der Waals surface area (Å²) >= 11 is 0. The Kier molecular flexibility index (Phi) is 5.36. The van der Waals surface area contributed by atoms with Crippen LogP contribution in [0.1, 0.15) is 23.9 Å². The van der Waals surface area contributed by atoms with Gasteiger partial charge in [-0.05, 0) is 54.4 Å². The zero-order chi connectivity index (χ0) is 24.3. The van der Waals surface area contributed by atoms with Crippen LogP contribution in [-0.4, -0.2) is 79.0 Å². The number of likely N-dealkylation sites (tertiary alicyclic amines) is 1. The molecule has 8 nitrogen and oxygen atoms in total. The second-order valence-electron chi connectivity index (χ2n) is 9.75. The van der Waals surface area contributed by atoms with E-state index in [-0.39, 0.29) is 18.4 Å². The largest absolute Gasteiger partial charge is 0.505 e. The number of aromatic amines is 2. The molecule has 0 bridgehead atoms. The highest BCUT2D eigenvalue weighted by Crippen LogP contribution is 2.34. The number of fused-ring (bicyclic) bond motifs is 2. The highest BCUT2D eigenvalue weighted by atomic mass is 19.1. The lowest BCUT2D eigenvalue weighted by Gasteiger charge is -2.48. The Labute approximate surface area is 202 Å². The quantitative estimate of drug-likeness (QED) is 0.353. The fourth-order valence-corrected chi connectivity index (χ4v) is 5.52. The number of rotatable bonds is 5. The van der Waals surface area contributed by atoms with Gasteiger partial charge in [-0.15, -0.1) is 0 Å². The van der Waals surface area contributed by atoms with Gasteiger partial charge in [0.15, 0.2) is 17.4 Å². The number of aromatic hydroxyl groups is 1. The van der Waals surface area contributed by atoms with E-state index in [0.29, 0.717) is 24.7 Å². The molecule has 4 heterocycles. The summed E-state index contributed by atoms with van der Waals surface area (Å²) in [5.41, 5.74) is 6.13. The number of halogens is 1. The molecule has 35 heavy (non-hydrogen) atoms. The Morgan fingerprint density at radius 3 is 2.77 bits per heavy atom. The van der Waals surface area contributed by atoms with Gasteiger partial charge in [-0.2, -0.15) is 5.10 Å². The van der Waals surface area contributed by atoms with Crippen LogP contribution in [0.3, 0.4) is 0 Å². The van der Waals surface area contributed by atoms with Crippen molar-refractivity contribution in [3.05, 3.63) is 53.1 Å². The van der Waals surface area contributed by atoms with Gasteiger partial charge in [0.05, 0.1) is 23.5 Å².